The summed E-state index contributed by atoms with van der Waals surface area (Å²) in [5.41, 5.74) is 11.4. The third kappa shape index (κ3) is 2.70. The van der Waals surface area contributed by atoms with E-state index < -0.39 is 5.91 Å². The summed E-state index contributed by atoms with van der Waals surface area (Å²) in [6, 6.07) is 19.4. The first-order valence-corrected chi connectivity index (χ1v) is 9.10. The lowest BCUT2D eigenvalue weighted by Crippen LogP contribution is -2.10. The van der Waals surface area contributed by atoms with Crippen molar-refractivity contribution in [2.24, 2.45) is 5.73 Å². The van der Waals surface area contributed by atoms with Crippen molar-refractivity contribution in [3.63, 3.8) is 0 Å². The normalized spacial score (nSPS) is 15.4. The molecule has 5 rings (SSSR count). The summed E-state index contributed by atoms with van der Waals surface area (Å²) in [6.07, 6.45) is 0.472. The Labute approximate surface area is 161 Å². The average molecular weight is 370 g/mol. The summed E-state index contributed by atoms with van der Waals surface area (Å²) < 4.78 is 7.99. The number of aryl methyl sites for hydroxylation is 1. The molecule has 1 aliphatic heterocycles. The monoisotopic (exact) mass is 370 g/mol. The van der Waals surface area contributed by atoms with Gasteiger partial charge in [-0.2, -0.15) is 5.10 Å². The Kier molecular flexibility index (Phi) is 3.65. The number of fused-ring (bicyclic) bond motifs is 2. The van der Waals surface area contributed by atoms with Crippen molar-refractivity contribution in [3.05, 3.63) is 83.2 Å². The van der Waals surface area contributed by atoms with Gasteiger partial charge in [-0.05, 0) is 30.7 Å². The second-order valence-corrected chi connectivity index (χ2v) is 6.99. The molecule has 2 aromatic heterocycles. The molecule has 28 heavy (non-hydrogen) atoms. The van der Waals surface area contributed by atoms with Gasteiger partial charge in [-0.3, -0.25) is 4.79 Å². The van der Waals surface area contributed by atoms with E-state index in [-0.39, 0.29) is 6.10 Å². The Morgan fingerprint density at radius 1 is 1.14 bits per heavy atom. The average Bonchev–Trinajstić information content (AvgIpc) is 3.29. The lowest BCUT2D eigenvalue weighted by atomic mass is 10.0. The standard InChI is InChI=1S/C22H18N4O2/c1-13-9-21-24-17(12-18(26(21)25-13)14-5-3-2-4-6-14)20-10-15-7-8-16(22(23)27)11-19(15)28-20/h2-9,11-12,20H,10H2,1H3,(H2,23,27). The smallest absolute Gasteiger partial charge is 0.248 e. The van der Waals surface area contributed by atoms with Gasteiger partial charge >= 0.3 is 0 Å². The first-order chi connectivity index (χ1) is 13.6. The van der Waals surface area contributed by atoms with E-state index in [0.717, 1.165) is 33.9 Å². The van der Waals surface area contributed by atoms with E-state index in [4.69, 9.17) is 15.5 Å². The van der Waals surface area contributed by atoms with E-state index in [9.17, 15) is 4.79 Å². The molecule has 0 bridgehead atoms. The Morgan fingerprint density at radius 2 is 1.96 bits per heavy atom. The fourth-order valence-electron chi connectivity index (χ4n) is 3.63. The van der Waals surface area contributed by atoms with Crippen LogP contribution in [-0.2, 0) is 6.42 Å². The van der Waals surface area contributed by atoms with Crippen molar-refractivity contribution in [3.8, 4) is 17.0 Å². The molecule has 1 unspecified atom stereocenters. The summed E-state index contributed by atoms with van der Waals surface area (Å²) in [5.74, 6) is 0.226. The van der Waals surface area contributed by atoms with Crippen molar-refractivity contribution >= 4 is 11.6 Å². The van der Waals surface area contributed by atoms with Crippen LogP contribution < -0.4 is 10.5 Å². The molecule has 6 nitrogen and oxygen atoms in total. The van der Waals surface area contributed by atoms with E-state index >= 15 is 0 Å². The Balaban J connectivity index is 1.59. The number of hydrogen-bond acceptors (Lipinski definition) is 4. The number of aromatic nitrogens is 3. The van der Waals surface area contributed by atoms with Crippen LogP contribution in [0.2, 0.25) is 0 Å². The van der Waals surface area contributed by atoms with E-state index in [1.807, 2.05) is 47.8 Å². The molecule has 0 radical (unpaired) electrons. The number of nitrogens with zero attached hydrogens (tertiary/aromatic N) is 3. The second-order valence-electron chi connectivity index (χ2n) is 6.99. The minimum atomic E-state index is -0.463. The third-order valence-electron chi connectivity index (χ3n) is 4.99. The minimum Gasteiger partial charge on any atom is -0.483 e. The van der Waals surface area contributed by atoms with E-state index in [1.165, 1.54) is 0 Å². The molecular weight excluding hydrogens is 352 g/mol. The van der Waals surface area contributed by atoms with Crippen LogP contribution in [0.25, 0.3) is 16.9 Å². The van der Waals surface area contributed by atoms with Crippen molar-refractivity contribution in [2.75, 3.05) is 0 Å². The largest absolute Gasteiger partial charge is 0.483 e. The third-order valence-corrected chi connectivity index (χ3v) is 4.99. The van der Waals surface area contributed by atoms with E-state index in [0.29, 0.717) is 17.7 Å². The van der Waals surface area contributed by atoms with Gasteiger partial charge in [0, 0.05) is 23.6 Å². The number of carbonyl (C=O) groups excluding carboxylic acids is 1. The summed E-state index contributed by atoms with van der Waals surface area (Å²) >= 11 is 0. The van der Waals surface area contributed by atoms with Crippen LogP contribution in [0.5, 0.6) is 5.75 Å². The quantitative estimate of drug-likeness (QED) is 0.598. The molecule has 0 aliphatic carbocycles. The second kappa shape index (κ2) is 6.20. The zero-order chi connectivity index (χ0) is 19.3. The molecule has 2 aromatic carbocycles. The van der Waals surface area contributed by atoms with Crippen LogP contribution in [-0.4, -0.2) is 20.5 Å². The summed E-state index contributed by atoms with van der Waals surface area (Å²) in [7, 11) is 0. The summed E-state index contributed by atoms with van der Waals surface area (Å²) in [6.45, 7) is 1.95. The SMILES string of the molecule is Cc1cc2nc(C3Cc4ccc(C(N)=O)cc4O3)cc(-c3ccccc3)n2n1. The van der Waals surface area contributed by atoms with Gasteiger partial charge in [0.05, 0.1) is 17.1 Å². The Hall–Kier alpha value is -3.67. The molecule has 0 fully saturated rings. The molecule has 6 heteroatoms. The lowest BCUT2D eigenvalue weighted by Gasteiger charge is -2.13. The molecule has 1 amide bonds. The predicted molar refractivity (Wildman–Crippen MR) is 105 cm³/mol. The molecule has 2 N–H and O–H groups in total. The van der Waals surface area contributed by atoms with Gasteiger partial charge in [0.1, 0.15) is 11.9 Å². The highest BCUT2D eigenvalue weighted by Gasteiger charge is 2.27. The maximum Gasteiger partial charge on any atom is 0.248 e. The van der Waals surface area contributed by atoms with Crippen LogP contribution in [0.1, 0.15) is 33.4 Å². The number of benzene rings is 2. The van der Waals surface area contributed by atoms with Crippen molar-refractivity contribution < 1.29 is 9.53 Å². The Bertz CT molecular complexity index is 1210. The number of carbonyl (C=O) groups is 1. The highest BCUT2D eigenvalue weighted by molar-refractivity contribution is 5.93. The van der Waals surface area contributed by atoms with Gasteiger partial charge in [-0.25, -0.2) is 9.50 Å². The Morgan fingerprint density at radius 3 is 2.75 bits per heavy atom. The number of nitrogens with two attached hydrogens (primary N) is 1. The highest BCUT2D eigenvalue weighted by atomic mass is 16.5. The highest BCUT2D eigenvalue weighted by Crippen LogP contribution is 2.37. The number of rotatable bonds is 3. The molecule has 1 atom stereocenters. The first kappa shape index (κ1) is 16.5. The summed E-state index contributed by atoms with van der Waals surface area (Å²) in [4.78, 5) is 16.2. The van der Waals surface area contributed by atoms with E-state index in [2.05, 4.69) is 17.2 Å². The predicted octanol–water partition coefficient (Wildman–Crippen LogP) is 3.48. The van der Waals surface area contributed by atoms with Gasteiger partial charge in [0.2, 0.25) is 5.91 Å². The van der Waals surface area contributed by atoms with Crippen LogP contribution in [0.3, 0.4) is 0 Å². The fraction of sp³-hybridized carbons (Fsp3) is 0.136. The van der Waals surface area contributed by atoms with Crippen LogP contribution in [0.15, 0.2) is 60.7 Å². The van der Waals surface area contributed by atoms with Crippen LogP contribution in [0, 0.1) is 6.92 Å². The van der Waals surface area contributed by atoms with Gasteiger partial charge in [-0.15, -0.1) is 0 Å². The van der Waals surface area contributed by atoms with Gasteiger partial charge < -0.3 is 10.5 Å². The number of amides is 1. The van der Waals surface area contributed by atoms with Crippen molar-refractivity contribution in [1.29, 1.82) is 0 Å². The number of hydrogen-bond donors (Lipinski definition) is 1. The van der Waals surface area contributed by atoms with Crippen molar-refractivity contribution in [1.82, 2.24) is 14.6 Å². The van der Waals surface area contributed by atoms with Crippen LogP contribution in [0.4, 0.5) is 0 Å². The maximum atomic E-state index is 11.4. The molecule has 3 heterocycles. The molecule has 0 saturated heterocycles. The molecule has 138 valence electrons. The number of ether oxygens (including phenoxy) is 1. The molecule has 4 aromatic rings. The van der Waals surface area contributed by atoms with Gasteiger partial charge in [-0.1, -0.05) is 36.4 Å². The van der Waals surface area contributed by atoms with E-state index in [1.54, 1.807) is 12.1 Å². The topological polar surface area (TPSA) is 82.5 Å². The maximum absolute atomic E-state index is 11.4. The van der Waals surface area contributed by atoms with Gasteiger partial charge in [0.15, 0.2) is 5.65 Å². The van der Waals surface area contributed by atoms with Gasteiger partial charge in [0.25, 0.3) is 0 Å². The molecule has 0 saturated carbocycles. The molecular formula is C22H18N4O2. The fourth-order valence-corrected chi connectivity index (χ4v) is 3.63. The van der Waals surface area contributed by atoms with Crippen molar-refractivity contribution in [2.45, 2.75) is 19.4 Å². The molecule has 0 spiro atoms. The zero-order valence-electron chi connectivity index (χ0n) is 15.3. The lowest BCUT2D eigenvalue weighted by molar-refractivity contribution is 0.0999. The van der Waals surface area contributed by atoms with Crippen LogP contribution >= 0.6 is 0 Å². The molecule has 1 aliphatic rings. The zero-order valence-corrected chi connectivity index (χ0v) is 15.3. The first-order valence-electron chi connectivity index (χ1n) is 9.10. The number of primary amides is 1. The summed E-state index contributed by atoms with van der Waals surface area (Å²) in [5, 5.41) is 4.59. The minimum absolute atomic E-state index is 0.221.